The number of aromatic nitrogens is 1. The van der Waals surface area contributed by atoms with Crippen LogP contribution in [0.1, 0.15) is 104 Å². The van der Waals surface area contributed by atoms with Gasteiger partial charge in [0.15, 0.2) is 5.75 Å². The fourth-order valence-corrected chi connectivity index (χ4v) is 4.98. The number of fused-ring (bicyclic) bond motifs is 1. The molecule has 0 saturated heterocycles. The zero-order valence-corrected chi connectivity index (χ0v) is 25.3. The van der Waals surface area contributed by atoms with Gasteiger partial charge in [-0.2, -0.15) is 0 Å². The van der Waals surface area contributed by atoms with Crippen LogP contribution in [0.5, 0.6) is 11.5 Å². The van der Waals surface area contributed by atoms with Crippen molar-refractivity contribution in [3.8, 4) is 11.5 Å². The average Bonchev–Trinajstić information content (AvgIpc) is 2.99. The Balaban J connectivity index is 2.01. The van der Waals surface area contributed by atoms with Crippen LogP contribution in [0.15, 0.2) is 65.2 Å². The maximum atomic E-state index is 14.1. The van der Waals surface area contributed by atoms with Gasteiger partial charge in [-0.1, -0.05) is 102 Å². The number of rotatable bonds is 19. The van der Waals surface area contributed by atoms with Crippen molar-refractivity contribution in [3.63, 3.8) is 0 Å². The van der Waals surface area contributed by atoms with Gasteiger partial charge in [0, 0.05) is 30.6 Å². The topological polar surface area (TPSA) is 52.5 Å². The molecule has 0 bridgehead atoms. The molecule has 0 spiro atoms. The summed E-state index contributed by atoms with van der Waals surface area (Å²) >= 11 is 0. The predicted octanol–water partition coefficient (Wildman–Crippen LogP) is 9.63. The number of anilines is 1. The van der Waals surface area contributed by atoms with Crippen molar-refractivity contribution in [1.29, 1.82) is 0 Å². The Labute approximate surface area is 241 Å². The Morgan fingerprint density at radius 3 is 2.25 bits per heavy atom. The third-order valence-corrected chi connectivity index (χ3v) is 7.40. The number of nitrogens with one attached hydrogen (secondary N) is 1. The first-order valence-corrected chi connectivity index (χ1v) is 15.6. The van der Waals surface area contributed by atoms with Crippen LogP contribution in [-0.4, -0.2) is 11.2 Å². The molecule has 5 nitrogen and oxygen atoms in total. The summed E-state index contributed by atoms with van der Waals surface area (Å²) in [4.78, 5) is 14.1. The molecule has 3 rings (SSSR count). The largest absolute Gasteiger partial charge is 0.485 e. The second-order valence-corrected chi connectivity index (χ2v) is 10.6. The number of unbranched alkanes of at least 4 members (excludes halogenated alkanes) is 8. The molecule has 1 heterocycles. The van der Waals surface area contributed by atoms with Crippen LogP contribution in [0.25, 0.3) is 10.9 Å². The first-order valence-electron chi connectivity index (χ1n) is 15.6. The van der Waals surface area contributed by atoms with E-state index in [1.54, 1.807) is 0 Å². The van der Waals surface area contributed by atoms with Crippen molar-refractivity contribution in [2.24, 2.45) is 0 Å². The Bertz CT molecular complexity index is 1250. The van der Waals surface area contributed by atoms with Gasteiger partial charge in [0.25, 0.3) is 5.56 Å². The Morgan fingerprint density at radius 1 is 0.850 bits per heavy atom. The fourth-order valence-electron chi connectivity index (χ4n) is 4.98. The first-order chi connectivity index (χ1) is 19.6. The second-order valence-electron chi connectivity index (χ2n) is 10.6. The number of hydrogen-bond acceptors (Lipinski definition) is 4. The number of benzene rings is 2. The smallest absolute Gasteiger partial charge is 0.297 e. The highest BCUT2D eigenvalue weighted by atomic mass is 16.5. The molecular weight excluding hydrogens is 496 g/mol. The van der Waals surface area contributed by atoms with E-state index in [4.69, 9.17) is 9.47 Å². The molecule has 0 unspecified atom stereocenters. The minimum absolute atomic E-state index is 0.0988. The number of pyridine rings is 1. The maximum absolute atomic E-state index is 14.1. The number of hydrogen-bond donors (Lipinski definition) is 1. The number of ether oxygens (including phenoxy) is 2. The Morgan fingerprint density at radius 2 is 1.55 bits per heavy atom. The van der Waals surface area contributed by atoms with Gasteiger partial charge in [0.05, 0.1) is 17.9 Å². The standard InChI is InChI=1S/C35H50N2O3/c1-5-9-11-13-14-18-24-37-32-26-29(36-27-28-20-16-15-17-21-28)22-23-31(32)33(40-30(7-3)8-4)34(35(37)38)39-25-19-12-10-6-2/h7,15-17,20-23,26,36H,5-6,8-14,18-19,24-25,27H2,1-4H3. The van der Waals surface area contributed by atoms with Gasteiger partial charge in [0.2, 0.25) is 5.75 Å². The molecular formula is C35H50N2O3. The first kappa shape index (κ1) is 31.3. The third-order valence-electron chi connectivity index (χ3n) is 7.40. The van der Waals surface area contributed by atoms with E-state index in [1.165, 1.54) is 37.7 Å². The molecule has 1 aromatic heterocycles. The summed E-state index contributed by atoms with van der Waals surface area (Å²) in [5.41, 5.74) is 2.98. The van der Waals surface area contributed by atoms with E-state index in [1.807, 2.05) is 23.6 Å². The van der Waals surface area contributed by atoms with Gasteiger partial charge in [-0.25, -0.2) is 0 Å². The maximum Gasteiger partial charge on any atom is 0.297 e. The van der Waals surface area contributed by atoms with Crippen LogP contribution in [0.2, 0.25) is 0 Å². The highest BCUT2D eigenvalue weighted by Gasteiger charge is 2.21. The van der Waals surface area contributed by atoms with E-state index in [2.05, 4.69) is 68.6 Å². The predicted molar refractivity (Wildman–Crippen MR) is 170 cm³/mol. The molecule has 0 saturated carbocycles. The molecule has 0 aliphatic carbocycles. The molecule has 218 valence electrons. The van der Waals surface area contributed by atoms with Gasteiger partial charge in [-0.3, -0.25) is 4.79 Å². The van der Waals surface area contributed by atoms with Gasteiger partial charge in [0.1, 0.15) is 0 Å². The lowest BCUT2D eigenvalue weighted by Crippen LogP contribution is -2.24. The average molecular weight is 547 g/mol. The van der Waals surface area contributed by atoms with E-state index in [0.717, 1.165) is 67.4 Å². The molecule has 5 heteroatoms. The van der Waals surface area contributed by atoms with Crippen molar-refractivity contribution >= 4 is 16.6 Å². The minimum Gasteiger partial charge on any atom is -0.485 e. The van der Waals surface area contributed by atoms with Crippen LogP contribution >= 0.6 is 0 Å². The summed E-state index contributed by atoms with van der Waals surface area (Å²) in [6, 6.07) is 16.6. The third kappa shape index (κ3) is 9.18. The van der Waals surface area contributed by atoms with E-state index in [9.17, 15) is 4.79 Å². The highest BCUT2D eigenvalue weighted by Crippen LogP contribution is 2.36. The zero-order chi connectivity index (χ0) is 28.6. The molecule has 0 fully saturated rings. The Kier molecular flexibility index (Phi) is 13.7. The van der Waals surface area contributed by atoms with Crippen LogP contribution in [0.3, 0.4) is 0 Å². The summed E-state index contributed by atoms with van der Waals surface area (Å²) < 4.78 is 14.6. The SMILES string of the molecule is CC=C(CC)Oc1c(OCCCCCC)c(=O)n(CCCCCCCC)c2cc(NCc3ccccc3)ccc12. The lowest BCUT2D eigenvalue weighted by Gasteiger charge is -2.20. The number of nitrogens with zero attached hydrogens (tertiary/aromatic N) is 1. The zero-order valence-electron chi connectivity index (χ0n) is 25.3. The molecule has 0 amide bonds. The molecule has 0 radical (unpaired) electrons. The summed E-state index contributed by atoms with van der Waals surface area (Å²) in [6.07, 6.45) is 14.1. The van der Waals surface area contributed by atoms with Crippen LogP contribution in [0.4, 0.5) is 5.69 Å². The quantitative estimate of drug-likeness (QED) is 0.120. The number of aryl methyl sites for hydroxylation is 1. The number of allylic oxidation sites excluding steroid dienone is 2. The lowest BCUT2D eigenvalue weighted by molar-refractivity contribution is 0.280. The molecule has 40 heavy (non-hydrogen) atoms. The van der Waals surface area contributed by atoms with Crippen molar-refractivity contribution in [2.75, 3.05) is 11.9 Å². The molecule has 0 aliphatic heterocycles. The van der Waals surface area contributed by atoms with Gasteiger partial charge < -0.3 is 19.4 Å². The summed E-state index contributed by atoms with van der Waals surface area (Å²) in [7, 11) is 0. The van der Waals surface area contributed by atoms with Crippen molar-refractivity contribution in [3.05, 3.63) is 76.3 Å². The van der Waals surface area contributed by atoms with E-state index >= 15 is 0 Å². The van der Waals surface area contributed by atoms with Crippen molar-refractivity contribution in [1.82, 2.24) is 4.57 Å². The van der Waals surface area contributed by atoms with Crippen LogP contribution in [0, 0.1) is 0 Å². The summed E-state index contributed by atoms with van der Waals surface area (Å²) in [6.45, 7) is 10.4. The molecule has 2 aromatic carbocycles. The van der Waals surface area contributed by atoms with E-state index < -0.39 is 0 Å². The van der Waals surface area contributed by atoms with Crippen molar-refractivity contribution in [2.45, 2.75) is 111 Å². The van der Waals surface area contributed by atoms with Gasteiger partial charge in [-0.15, -0.1) is 0 Å². The van der Waals surface area contributed by atoms with Crippen molar-refractivity contribution < 1.29 is 9.47 Å². The Hall–Kier alpha value is -3.21. The summed E-state index contributed by atoms with van der Waals surface area (Å²) in [5.74, 6) is 1.71. The van der Waals surface area contributed by atoms with Gasteiger partial charge >= 0.3 is 0 Å². The fraction of sp³-hybridized carbons (Fsp3) is 0.514. The molecule has 1 N–H and O–H groups in total. The van der Waals surface area contributed by atoms with Gasteiger partial charge in [-0.05, 0) is 49.6 Å². The van der Waals surface area contributed by atoms with Crippen LogP contribution < -0.4 is 20.3 Å². The van der Waals surface area contributed by atoms with E-state index in [-0.39, 0.29) is 5.56 Å². The highest BCUT2D eigenvalue weighted by molar-refractivity contribution is 5.90. The molecule has 3 aromatic rings. The van der Waals surface area contributed by atoms with Crippen LogP contribution in [-0.2, 0) is 13.1 Å². The summed E-state index contributed by atoms with van der Waals surface area (Å²) in [5, 5.41) is 4.45. The lowest BCUT2D eigenvalue weighted by atomic mass is 10.1. The normalized spacial score (nSPS) is 11.7. The minimum atomic E-state index is -0.0988. The second kappa shape index (κ2) is 17.5. The molecule has 0 atom stereocenters. The van der Waals surface area contributed by atoms with E-state index in [0.29, 0.717) is 24.7 Å². The monoisotopic (exact) mass is 546 g/mol. The molecule has 0 aliphatic rings.